The fourth-order valence-electron chi connectivity index (χ4n) is 2.86. The molecular formula is C17H14FNO2. The molecule has 1 fully saturated rings. The molecule has 0 radical (unpaired) electrons. The Labute approximate surface area is 121 Å². The molecule has 4 heteroatoms. The van der Waals surface area contributed by atoms with Crippen molar-refractivity contribution >= 4 is 11.8 Å². The largest absolute Gasteiger partial charge is 0.296 e. The number of benzene rings is 2. The minimum absolute atomic E-state index is 0.175. The van der Waals surface area contributed by atoms with Crippen molar-refractivity contribution in [2.24, 2.45) is 0 Å². The van der Waals surface area contributed by atoms with Gasteiger partial charge < -0.3 is 0 Å². The second kappa shape index (κ2) is 5.48. The molecule has 1 saturated heterocycles. The van der Waals surface area contributed by atoms with Crippen molar-refractivity contribution in [2.75, 3.05) is 0 Å². The van der Waals surface area contributed by atoms with Crippen molar-refractivity contribution in [1.29, 1.82) is 0 Å². The summed E-state index contributed by atoms with van der Waals surface area (Å²) in [5.41, 5.74) is 1.50. The molecule has 0 aliphatic carbocycles. The first-order valence-electron chi connectivity index (χ1n) is 6.79. The van der Waals surface area contributed by atoms with Gasteiger partial charge >= 0.3 is 0 Å². The zero-order valence-electron chi connectivity index (χ0n) is 11.3. The number of hydrogen-bond acceptors (Lipinski definition) is 2. The molecule has 2 aromatic carbocycles. The minimum Gasteiger partial charge on any atom is -0.296 e. The molecule has 21 heavy (non-hydrogen) atoms. The van der Waals surface area contributed by atoms with Gasteiger partial charge in [0.2, 0.25) is 11.8 Å². The van der Waals surface area contributed by atoms with Crippen LogP contribution >= 0.6 is 0 Å². The van der Waals surface area contributed by atoms with Crippen molar-refractivity contribution in [2.45, 2.75) is 18.3 Å². The molecule has 3 rings (SSSR count). The normalized spacial score (nSPS) is 22.0. The maximum Gasteiger partial charge on any atom is 0.234 e. The first-order chi connectivity index (χ1) is 10.1. The van der Waals surface area contributed by atoms with E-state index in [2.05, 4.69) is 5.32 Å². The van der Waals surface area contributed by atoms with Crippen molar-refractivity contribution in [3.05, 3.63) is 71.5 Å². The molecule has 2 atom stereocenters. The highest BCUT2D eigenvalue weighted by Crippen LogP contribution is 2.38. The van der Waals surface area contributed by atoms with Crippen LogP contribution in [0, 0.1) is 5.82 Å². The van der Waals surface area contributed by atoms with E-state index in [1.54, 1.807) is 12.1 Å². The summed E-state index contributed by atoms with van der Waals surface area (Å²) in [6, 6.07) is 15.4. The highest BCUT2D eigenvalue weighted by molar-refractivity contribution is 6.02. The zero-order valence-corrected chi connectivity index (χ0v) is 11.3. The number of carbonyl (C=O) groups excluding carboxylic acids is 2. The maximum absolute atomic E-state index is 13.5. The predicted octanol–water partition coefficient (Wildman–Crippen LogP) is 2.74. The summed E-state index contributed by atoms with van der Waals surface area (Å²) in [6.07, 6.45) is 0.175. The van der Waals surface area contributed by atoms with E-state index in [1.165, 1.54) is 12.1 Å². The van der Waals surface area contributed by atoms with Crippen molar-refractivity contribution in [1.82, 2.24) is 5.32 Å². The Kier molecular flexibility index (Phi) is 3.52. The van der Waals surface area contributed by atoms with Crippen molar-refractivity contribution in [3.63, 3.8) is 0 Å². The molecule has 3 nitrogen and oxygen atoms in total. The molecule has 1 aliphatic heterocycles. The number of nitrogens with one attached hydrogen (secondary N) is 1. The van der Waals surface area contributed by atoms with E-state index in [-0.39, 0.29) is 30.0 Å². The van der Waals surface area contributed by atoms with Crippen LogP contribution in [0.5, 0.6) is 0 Å². The van der Waals surface area contributed by atoms with Gasteiger partial charge in [-0.3, -0.25) is 14.9 Å². The summed E-state index contributed by atoms with van der Waals surface area (Å²) in [5.74, 6) is -1.83. The van der Waals surface area contributed by atoms with Crippen LogP contribution in [-0.2, 0) is 9.59 Å². The number of halogens is 1. The predicted molar refractivity (Wildman–Crippen MR) is 76.1 cm³/mol. The first-order valence-corrected chi connectivity index (χ1v) is 6.79. The quantitative estimate of drug-likeness (QED) is 0.861. The van der Waals surface area contributed by atoms with E-state index >= 15 is 0 Å². The Morgan fingerprint density at radius 1 is 0.952 bits per heavy atom. The third-order valence-corrected chi connectivity index (χ3v) is 3.79. The molecule has 0 spiro atoms. The fourth-order valence-corrected chi connectivity index (χ4v) is 2.86. The van der Waals surface area contributed by atoms with Gasteiger partial charge in [-0.1, -0.05) is 42.5 Å². The number of hydrogen-bond donors (Lipinski definition) is 1. The number of imide groups is 1. The Balaban J connectivity index is 2.05. The third-order valence-electron chi connectivity index (χ3n) is 3.79. The van der Waals surface area contributed by atoms with Crippen LogP contribution in [0.15, 0.2) is 54.6 Å². The average Bonchev–Trinajstić information content (AvgIpc) is 2.47. The van der Waals surface area contributed by atoms with Crippen molar-refractivity contribution in [3.8, 4) is 0 Å². The summed E-state index contributed by atoms with van der Waals surface area (Å²) < 4.78 is 13.5. The van der Waals surface area contributed by atoms with E-state index in [0.717, 1.165) is 5.56 Å². The molecule has 1 heterocycles. The maximum atomic E-state index is 13.5. The second-order valence-corrected chi connectivity index (χ2v) is 5.17. The van der Waals surface area contributed by atoms with Gasteiger partial charge in [-0.2, -0.15) is 0 Å². The Hall–Kier alpha value is -2.49. The lowest BCUT2D eigenvalue weighted by Crippen LogP contribution is -2.43. The summed E-state index contributed by atoms with van der Waals surface area (Å²) in [7, 11) is 0. The number of carbonyl (C=O) groups is 2. The van der Waals surface area contributed by atoms with Gasteiger partial charge in [0.05, 0.1) is 5.92 Å². The van der Waals surface area contributed by atoms with Crippen LogP contribution in [0.3, 0.4) is 0 Å². The molecule has 0 saturated carbocycles. The number of piperidine rings is 1. The van der Waals surface area contributed by atoms with Gasteiger partial charge in [-0.25, -0.2) is 4.39 Å². The lowest BCUT2D eigenvalue weighted by molar-refractivity contribution is -0.135. The summed E-state index contributed by atoms with van der Waals surface area (Å²) in [5, 5.41) is 2.37. The Morgan fingerprint density at radius 2 is 1.67 bits per heavy atom. The van der Waals surface area contributed by atoms with Crippen LogP contribution in [0.2, 0.25) is 0 Å². The first kappa shape index (κ1) is 13.5. The van der Waals surface area contributed by atoms with Crippen molar-refractivity contribution < 1.29 is 14.0 Å². The number of rotatable bonds is 2. The smallest absolute Gasteiger partial charge is 0.234 e. The SMILES string of the molecule is O=C1CC(c2cccc(F)c2)C(c2ccccc2)C(=O)N1. The molecule has 1 N–H and O–H groups in total. The van der Waals surface area contributed by atoms with Crippen LogP contribution in [0.4, 0.5) is 4.39 Å². The topological polar surface area (TPSA) is 46.2 Å². The molecule has 2 aromatic rings. The Morgan fingerprint density at radius 3 is 2.38 bits per heavy atom. The molecule has 106 valence electrons. The van der Waals surface area contributed by atoms with Gasteiger partial charge in [-0.15, -0.1) is 0 Å². The lowest BCUT2D eigenvalue weighted by atomic mass is 9.76. The molecule has 2 unspecified atom stereocenters. The molecule has 0 aromatic heterocycles. The highest BCUT2D eigenvalue weighted by Gasteiger charge is 2.37. The second-order valence-electron chi connectivity index (χ2n) is 5.17. The minimum atomic E-state index is -0.481. The van der Waals surface area contributed by atoms with Gasteiger partial charge in [-0.05, 0) is 23.3 Å². The summed E-state index contributed by atoms with van der Waals surface area (Å²) >= 11 is 0. The Bertz CT molecular complexity index is 684. The van der Waals surface area contributed by atoms with Crippen LogP contribution in [0.1, 0.15) is 29.4 Å². The van der Waals surface area contributed by atoms with E-state index in [0.29, 0.717) is 5.56 Å². The number of amides is 2. The van der Waals surface area contributed by atoms with Crippen LogP contribution < -0.4 is 5.32 Å². The third kappa shape index (κ3) is 2.70. The monoisotopic (exact) mass is 283 g/mol. The highest BCUT2D eigenvalue weighted by atomic mass is 19.1. The van der Waals surface area contributed by atoms with E-state index in [4.69, 9.17) is 0 Å². The zero-order chi connectivity index (χ0) is 14.8. The summed E-state index contributed by atoms with van der Waals surface area (Å²) in [6.45, 7) is 0. The van der Waals surface area contributed by atoms with Gasteiger partial charge in [0, 0.05) is 12.3 Å². The lowest BCUT2D eigenvalue weighted by Gasteiger charge is -2.30. The molecule has 1 aliphatic rings. The fraction of sp³-hybridized carbons (Fsp3) is 0.176. The van der Waals surface area contributed by atoms with Gasteiger partial charge in [0.1, 0.15) is 5.82 Å². The van der Waals surface area contributed by atoms with E-state index in [1.807, 2.05) is 30.3 Å². The van der Waals surface area contributed by atoms with Crippen LogP contribution in [0.25, 0.3) is 0 Å². The average molecular weight is 283 g/mol. The van der Waals surface area contributed by atoms with E-state index in [9.17, 15) is 14.0 Å². The molecule has 2 amide bonds. The van der Waals surface area contributed by atoms with Gasteiger partial charge in [0.15, 0.2) is 0 Å². The van der Waals surface area contributed by atoms with Crippen LogP contribution in [-0.4, -0.2) is 11.8 Å². The molecular weight excluding hydrogens is 269 g/mol. The van der Waals surface area contributed by atoms with E-state index < -0.39 is 5.92 Å². The summed E-state index contributed by atoms with van der Waals surface area (Å²) in [4.78, 5) is 23.9. The molecule has 0 bridgehead atoms. The standard InChI is InChI=1S/C17H14FNO2/c18-13-8-4-7-12(9-13)14-10-15(20)19-17(21)16(14)11-5-2-1-3-6-11/h1-9,14,16H,10H2,(H,19,20,21). The van der Waals surface area contributed by atoms with Gasteiger partial charge in [0.25, 0.3) is 0 Å².